The van der Waals surface area contributed by atoms with Gasteiger partial charge in [-0.2, -0.15) is 0 Å². The van der Waals surface area contributed by atoms with Crippen LogP contribution >= 0.6 is 23.1 Å². The summed E-state index contributed by atoms with van der Waals surface area (Å²) in [5, 5.41) is 12.9. The molecular weight excluding hydrogens is 434 g/mol. The van der Waals surface area contributed by atoms with Crippen LogP contribution in [0.3, 0.4) is 0 Å². The first-order valence-electron chi connectivity index (χ1n) is 11.3. The number of urea groups is 1. The Hall–Kier alpha value is -1.32. The number of aliphatic carboxylic acids is 1. The van der Waals surface area contributed by atoms with Crippen molar-refractivity contribution >= 4 is 40.2 Å². The van der Waals surface area contributed by atoms with Gasteiger partial charge < -0.3 is 14.7 Å². The normalized spacial score (nSPS) is 22.8. The Bertz CT molecular complexity index is 741. The van der Waals surface area contributed by atoms with Crippen molar-refractivity contribution in [3.63, 3.8) is 0 Å². The van der Waals surface area contributed by atoms with Gasteiger partial charge in [0.1, 0.15) is 4.75 Å². The van der Waals surface area contributed by atoms with Crippen LogP contribution in [-0.4, -0.2) is 57.5 Å². The Labute approximate surface area is 193 Å². The smallest absolute Gasteiger partial charge is 0.324 e. The highest BCUT2D eigenvalue weighted by atomic mass is 32.2. The van der Waals surface area contributed by atoms with Gasteiger partial charge in [-0.25, -0.2) is 9.78 Å². The number of thioether (sulfide) groups is 1. The first kappa shape index (κ1) is 24.3. The molecule has 2 saturated carbocycles. The lowest BCUT2D eigenvalue weighted by atomic mass is 9.84. The summed E-state index contributed by atoms with van der Waals surface area (Å²) >= 11 is 2.59. The number of thiazole rings is 1. The average Bonchev–Trinajstić information content (AvgIpc) is 3.16. The molecule has 1 aromatic rings. The number of hydrogen-bond acceptors (Lipinski definition) is 6. The van der Waals surface area contributed by atoms with Gasteiger partial charge in [0.25, 0.3) is 0 Å². The molecule has 2 N–H and O–H groups in total. The zero-order valence-corrected chi connectivity index (χ0v) is 20.4. The Balaban J connectivity index is 1.67. The van der Waals surface area contributed by atoms with Crippen LogP contribution in [0.5, 0.6) is 0 Å². The largest absolute Gasteiger partial charge is 0.480 e. The Morgan fingerprint density at radius 3 is 2.45 bits per heavy atom. The molecule has 7 nitrogen and oxygen atoms in total. The van der Waals surface area contributed by atoms with E-state index in [1.807, 2.05) is 0 Å². The second-order valence-corrected chi connectivity index (χ2v) is 12.1. The molecule has 0 unspecified atom stereocenters. The molecule has 0 saturated heterocycles. The molecule has 0 bridgehead atoms. The van der Waals surface area contributed by atoms with Crippen molar-refractivity contribution in [2.24, 2.45) is 5.92 Å². The van der Waals surface area contributed by atoms with E-state index < -0.39 is 10.7 Å². The summed E-state index contributed by atoms with van der Waals surface area (Å²) in [4.78, 5) is 31.2. The molecule has 1 heterocycles. The number of anilines is 1. The number of rotatable bonds is 8. The SMILES string of the molecule is COC[C@H]1CC[C@H](N(C(=O)Nc2ncc(SC(C)(C)C(=O)O)s2)C2CCCCC2)CC1. The monoisotopic (exact) mass is 469 g/mol. The van der Waals surface area contributed by atoms with E-state index in [4.69, 9.17) is 4.74 Å². The molecule has 174 valence electrons. The van der Waals surface area contributed by atoms with E-state index in [2.05, 4.69) is 15.2 Å². The van der Waals surface area contributed by atoms with Crippen molar-refractivity contribution in [2.45, 2.75) is 92.7 Å². The number of aromatic nitrogens is 1. The summed E-state index contributed by atoms with van der Waals surface area (Å²) in [7, 11) is 1.76. The molecule has 31 heavy (non-hydrogen) atoms. The van der Waals surface area contributed by atoms with E-state index >= 15 is 0 Å². The number of nitrogens with zero attached hydrogens (tertiary/aromatic N) is 2. The van der Waals surface area contributed by atoms with Crippen LogP contribution < -0.4 is 5.32 Å². The first-order valence-corrected chi connectivity index (χ1v) is 12.9. The molecule has 2 aliphatic rings. The predicted molar refractivity (Wildman–Crippen MR) is 125 cm³/mol. The van der Waals surface area contributed by atoms with Gasteiger partial charge in [-0.15, -0.1) is 0 Å². The van der Waals surface area contributed by atoms with E-state index in [0.29, 0.717) is 11.0 Å². The summed E-state index contributed by atoms with van der Waals surface area (Å²) in [5.41, 5.74) is 0. The maximum Gasteiger partial charge on any atom is 0.324 e. The van der Waals surface area contributed by atoms with E-state index in [0.717, 1.165) is 49.3 Å². The van der Waals surface area contributed by atoms with Gasteiger partial charge in [0.15, 0.2) is 5.13 Å². The van der Waals surface area contributed by atoms with E-state index in [1.54, 1.807) is 27.2 Å². The summed E-state index contributed by atoms with van der Waals surface area (Å²) < 4.78 is 5.18. The lowest BCUT2D eigenvalue weighted by Gasteiger charge is -2.42. The van der Waals surface area contributed by atoms with Crippen LogP contribution in [-0.2, 0) is 9.53 Å². The van der Waals surface area contributed by atoms with Gasteiger partial charge in [0, 0.05) is 25.8 Å². The molecule has 1 aromatic heterocycles. The van der Waals surface area contributed by atoms with Crippen LogP contribution in [0.25, 0.3) is 0 Å². The number of amides is 2. The number of nitrogens with one attached hydrogen (secondary N) is 1. The predicted octanol–water partition coefficient (Wildman–Crippen LogP) is 5.47. The lowest BCUT2D eigenvalue weighted by molar-refractivity contribution is -0.138. The molecule has 0 spiro atoms. The van der Waals surface area contributed by atoms with Gasteiger partial charge in [-0.3, -0.25) is 10.1 Å². The van der Waals surface area contributed by atoms with E-state index in [9.17, 15) is 14.7 Å². The maximum atomic E-state index is 13.4. The van der Waals surface area contributed by atoms with Crippen molar-refractivity contribution in [3.8, 4) is 0 Å². The van der Waals surface area contributed by atoms with Crippen LogP contribution in [0, 0.1) is 5.92 Å². The first-order chi connectivity index (χ1) is 14.8. The highest BCUT2D eigenvalue weighted by molar-refractivity contribution is 8.03. The highest BCUT2D eigenvalue weighted by Gasteiger charge is 2.35. The van der Waals surface area contributed by atoms with Crippen molar-refractivity contribution in [3.05, 3.63) is 6.20 Å². The molecule has 2 aliphatic carbocycles. The topological polar surface area (TPSA) is 91.8 Å². The molecule has 0 aliphatic heterocycles. The van der Waals surface area contributed by atoms with Crippen LogP contribution in [0.15, 0.2) is 10.4 Å². The number of methoxy groups -OCH3 is 1. The minimum absolute atomic E-state index is 0.0644. The fourth-order valence-corrected chi connectivity index (χ4v) is 6.89. The number of hydrogen-bond donors (Lipinski definition) is 2. The third kappa shape index (κ3) is 6.58. The summed E-state index contributed by atoms with van der Waals surface area (Å²) in [6.07, 6.45) is 11.6. The minimum Gasteiger partial charge on any atom is -0.480 e. The fourth-order valence-electron chi connectivity index (χ4n) is 4.63. The van der Waals surface area contributed by atoms with Crippen molar-refractivity contribution in [2.75, 3.05) is 19.0 Å². The summed E-state index contributed by atoms with van der Waals surface area (Å²) in [6.45, 7) is 4.14. The van der Waals surface area contributed by atoms with Crippen LogP contribution in [0.2, 0.25) is 0 Å². The molecule has 0 radical (unpaired) electrons. The van der Waals surface area contributed by atoms with Gasteiger partial charge in [-0.05, 0) is 58.3 Å². The lowest BCUT2D eigenvalue weighted by Crippen LogP contribution is -2.51. The second kappa shape index (κ2) is 11.0. The highest BCUT2D eigenvalue weighted by Crippen LogP contribution is 2.38. The van der Waals surface area contributed by atoms with Crippen molar-refractivity contribution in [1.82, 2.24) is 9.88 Å². The summed E-state index contributed by atoms with van der Waals surface area (Å²) in [6, 6.07) is 0.485. The van der Waals surface area contributed by atoms with Crippen LogP contribution in [0.1, 0.15) is 71.6 Å². The molecule has 3 rings (SSSR count). The van der Waals surface area contributed by atoms with Crippen molar-refractivity contribution < 1.29 is 19.4 Å². The molecule has 0 atom stereocenters. The van der Waals surface area contributed by atoms with E-state index in [1.165, 1.54) is 42.4 Å². The third-order valence-electron chi connectivity index (χ3n) is 6.38. The number of ether oxygens (including phenoxy) is 1. The second-order valence-electron chi connectivity index (χ2n) is 9.16. The van der Waals surface area contributed by atoms with E-state index in [-0.39, 0.29) is 18.1 Å². The minimum atomic E-state index is -0.942. The molecule has 2 fully saturated rings. The Morgan fingerprint density at radius 2 is 1.84 bits per heavy atom. The van der Waals surface area contributed by atoms with Crippen LogP contribution in [0.4, 0.5) is 9.93 Å². The third-order valence-corrected chi connectivity index (χ3v) is 8.58. The quantitative estimate of drug-likeness (QED) is 0.491. The van der Waals surface area contributed by atoms with Gasteiger partial charge in [-0.1, -0.05) is 42.4 Å². The molecular formula is C22H35N3O4S2. The average molecular weight is 470 g/mol. The number of carboxylic acid groups (broad SMARTS) is 1. The number of carboxylic acids is 1. The molecule has 2 amide bonds. The standard InChI is InChI=1S/C22H35N3O4S2/c1-22(2,19(26)27)31-18-13-23-20(30-18)24-21(28)25(16-7-5-4-6-8-16)17-11-9-15(10-12-17)14-29-3/h13,15-17H,4-12,14H2,1-3H3,(H,26,27)(H,23,24,28)/t15-,17-. The maximum absolute atomic E-state index is 13.4. The zero-order chi connectivity index (χ0) is 22.4. The van der Waals surface area contributed by atoms with Gasteiger partial charge in [0.05, 0.1) is 10.4 Å². The molecule has 0 aromatic carbocycles. The summed E-state index contributed by atoms with van der Waals surface area (Å²) in [5.74, 6) is -0.280. The number of carbonyl (C=O) groups is 2. The Morgan fingerprint density at radius 1 is 1.19 bits per heavy atom. The zero-order valence-electron chi connectivity index (χ0n) is 18.8. The van der Waals surface area contributed by atoms with Gasteiger partial charge in [0.2, 0.25) is 0 Å². The number of carbonyl (C=O) groups excluding carboxylic acids is 1. The fraction of sp³-hybridized carbons (Fsp3) is 0.773. The van der Waals surface area contributed by atoms with Gasteiger partial charge >= 0.3 is 12.0 Å². The van der Waals surface area contributed by atoms with Crippen molar-refractivity contribution in [1.29, 1.82) is 0 Å². The molecule has 9 heteroatoms. The Kier molecular flexibility index (Phi) is 8.64.